The molecule has 0 saturated carbocycles. The Morgan fingerprint density at radius 1 is 1.30 bits per heavy atom. The molecule has 4 nitrogen and oxygen atoms in total. The van der Waals surface area contributed by atoms with Crippen molar-refractivity contribution >= 4 is 0 Å². The van der Waals surface area contributed by atoms with E-state index in [1.165, 1.54) is 0 Å². The van der Waals surface area contributed by atoms with E-state index >= 15 is 0 Å². The summed E-state index contributed by atoms with van der Waals surface area (Å²) in [7, 11) is 0. The van der Waals surface area contributed by atoms with E-state index in [4.69, 9.17) is 9.15 Å². The molecule has 2 heterocycles. The number of ether oxygens (including phenoxy) is 1. The molecule has 1 unspecified atom stereocenters. The first-order valence-corrected chi connectivity index (χ1v) is 7.61. The highest BCUT2D eigenvalue weighted by molar-refractivity contribution is 5.20. The molecule has 0 aliphatic carbocycles. The Morgan fingerprint density at radius 3 is 2.50 bits per heavy atom. The number of hydrogen-bond donors (Lipinski definition) is 1. The van der Waals surface area contributed by atoms with Crippen LogP contribution >= 0.6 is 0 Å². The second-order valence-corrected chi connectivity index (χ2v) is 4.93. The highest BCUT2D eigenvalue weighted by atomic mass is 16.5. The van der Waals surface area contributed by atoms with E-state index in [0.717, 1.165) is 45.0 Å². The molecule has 1 aromatic heterocycles. The van der Waals surface area contributed by atoms with Gasteiger partial charge in [0.1, 0.15) is 11.5 Å². The lowest BCUT2D eigenvalue weighted by Crippen LogP contribution is -2.18. The van der Waals surface area contributed by atoms with Crippen LogP contribution in [0, 0.1) is 5.92 Å². The van der Waals surface area contributed by atoms with Crippen LogP contribution in [0.4, 0.5) is 0 Å². The molecule has 4 heteroatoms. The summed E-state index contributed by atoms with van der Waals surface area (Å²) in [6, 6.07) is 2.67. The van der Waals surface area contributed by atoms with Gasteiger partial charge in [-0.05, 0) is 31.6 Å². The van der Waals surface area contributed by atoms with Gasteiger partial charge in [0.25, 0.3) is 0 Å². The fourth-order valence-electron chi connectivity index (χ4n) is 2.55. The van der Waals surface area contributed by atoms with E-state index < -0.39 is 5.63 Å². The molecule has 2 rings (SSSR count). The van der Waals surface area contributed by atoms with Crippen molar-refractivity contribution in [1.82, 2.24) is 0 Å². The Kier molecular flexibility index (Phi) is 7.37. The van der Waals surface area contributed by atoms with E-state index in [1.54, 1.807) is 6.07 Å². The van der Waals surface area contributed by atoms with Crippen molar-refractivity contribution in [2.75, 3.05) is 13.2 Å². The van der Waals surface area contributed by atoms with Gasteiger partial charge in [-0.3, -0.25) is 0 Å². The third kappa shape index (κ3) is 5.00. The lowest BCUT2D eigenvalue weighted by Gasteiger charge is -2.25. The molecule has 0 amide bonds. The molecule has 1 saturated heterocycles. The zero-order valence-corrected chi connectivity index (χ0v) is 12.7. The summed E-state index contributed by atoms with van der Waals surface area (Å²) in [5.41, 5.74) is -0.476. The summed E-state index contributed by atoms with van der Waals surface area (Å²) in [5.74, 6) is 1.42. The van der Waals surface area contributed by atoms with E-state index in [1.807, 2.05) is 13.8 Å². The predicted octanol–water partition coefficient (Wildman–Crippen LogP) is 3.68. The Labute approximate surface area is 120 Å². The van der Waals surface area contributed by atoms with Crippen LogP contribution in [0.1, 0.15) is 58.1 Å². The van der Waals surface area contributed by atoms with E-state index in [2.05, 4.69) is 6.92 Å². The highest BCUT2D eigenvalue weighted by Crippen LogP contribution is 2.31. The minimum atomic E-state index is -0.476. The van der Waals surface area contributed by atoms with Gasteiger partial charge in [-0.15, -0.1) is 0 Å². The number of aromatic hydroxyl groups is 1. The molecule has 1 N–H and O–H groups in total. The largest absolute Gasteiger partial charge is 0.508 e. The molecule has 0 bridgehead atoms. The molecule has 1 aliphatic rings. The van der Waals surface area contributed by atoms with E-state index in [9.17, 15) is 9.90 Å². The third-order valence-electron chi connectivity index (χ3n) is 3.63. The van der Waals surface area contributed by atoms with E-state index in [-0.39, 0.29) is 11.7 Å². The standard InChI is InChI=1S/C14H20O4.C2H6/c1-2-11(7-10-3-5-17-6-4-10)13-8-12(15)9-14(16)18-13;1-2/h8-11,15H,2-7H2,1H3;1-2H3. The molecular weight excluding hydrogens is 256 g/mol. The quantitative estimate of drug-likeness (QED) is 0.915. The summed E-state index contributed by atoms with van der Waals surface area (Å²) < 4.78 is 10.6. The van der Waals surface area contributed by atoms with Crippen molar-refractivity contribution in [3.05, 3.63) is 28.3 Å². The third-order valence-corrected chi connectivity index (χ3v) is 3.63. The van der Waals surface area contributed by atoms with Gasteiger partial charge >= 0.3 is 5.63 Å². The Hall–Kier alpha value is -1.29. The van der Waals surface area contributed by atoms with Gasteiger partial charge in [0.05, 0.1) is 6.07 Å². The fraction of sp³-hybridized carbons (Fsp3) is 0.688. The molecule has 1 aliphatic heterocycles. The Morgan fingerprint density at radius 2 is 1.95 bits per heavy atom. The van der Waals surface area contributed by atoms with Crippen molar-refractivity contribution < 1.29 is 14.3 Å². The lowest BCUT2D eigenvalue weighted by atomic mass is 9.86. The van der Waals surface area contributed by atoms with Crippen LogP contribution in [-0.2, 0) is 4.74 Å². The first-order valence-electron chi connectivity index (χ1n) is 7.61. The molecule has 1 atom stereocenters. The van der Waals surface area contributed by atoms with Gasteiger partial charge < -0.3 is 14.3 Å². The second-order valence-electron chi connectivity index (χ2n) is 4.93. The van der Waals surface area contributed by atoms with E-state index in [0.29, 0.717) is 11.7 Å². The monoisotopic (exact) mass is 282 g/mol. The molecule has 1 fully saturated rings. The van der Waals surface area contributed by atoms with Crippen molar-refractivity contribution in [3.63, 3.8) is 0 Å². The maximum absolute atomic E-state index is 11.3. The molecule has 114 valence electrons. The van der Waals surface area contributed by atoms with Crippen LogP contribution in [0.25, 0.3) is 0 Å². The minimum Gasteiger partial charge on any atom is -0.508 e. The second kappa shape index (κ2) is 8.80. The summed E-state index contributed by atoms with van der Waals surface area (Å²) >= 11 is 0. The first-order chi connectivity index (χ1) is 9.69. The summed E-state index contributed by atoms with van der Waals surface area (Å²) in [6.45, 7) is 7.73. The van der Waals surface area contributed by atoms with Gasteiger partial charge in [-0.2, -0.15) is 0 Å². The zero-order chi connectivity index (χ0) is 15.0. The number of hydrogen-bond acceptors (Lipinski definition) is 4. The smallest absolute Gasteiger partial charge is 0.339 e. The van der Waals surface area contributed by atoms with Crippen molar-refractivity contribution in [2.45, 2.75) is 52.4 Å². The molecular formula is C16H26O4. The van der Waals surface area contributed by atoms with Crippen LogP contribution in [0.15, 0.2) is 21.3 Å². The summed E-state index contributed by atoms with van der Waals surface area (Å²) in [5, 5.41) is 9.46. The zero-order valence-electron chi connectivity index (χ0n) is 12.7. The first kappa shape index (κ1) is 16.8. The van der Waals surface area contributed by atoms with Crippen LogP contribution < -0.4 is 5.63 Å². The maximum atomic E-state index is 11.3. The lowest BCUT2D eigenvalue weighted by molar-refractivity contribution is 0.0606. The van der Waals surface area contributed by atoms with Gasteiger partial charge in [0.15, 0.2) is 0 Å². The summed E-state index contributed by atoms with van der Waals surface area (Å²) in [6.07, 6.45) is 4.04. The van der Waals surface area contributed by atoms with Crippen molar-refractivity contribution in [3.8, 4) is 5.75 Å². The number of rotatable bonds is 4. The van der Waals surface area contributed by atoms with Crippen molar-refractivity contribution in [2.24, 2.45) is 5.92 Å². The maximum Gasteiger partial charge on any atom is 0.339 e. The molecule has 0 aromatic carbocycles. The SMILES string of the molecule is CC.CCC(CC1CCOCC1)c1cc(O)cc(=O)o1. The van der Waals surface area contributed by atoms with Crippen LogP contribution in [-0.4, -0.2) is 18.3 Å². The van der Waals surface area contributed by atoms with Gasteiger partial charge in [-0.25, -0.2) is 4.79 Å². The predicted molar refractivity (Wildman–Crippen MR) is 79.2 cm³/mol. The van der Waals surface area contributed by atoms with Crippen LogP contribution in [0.2, 0.25) is 0 Å². The Balaban J connectivity index is 0.000000956. The fourth-order valence-corrected chi connectivity index (χ4v) is 2.55. The van der Waals surface area contributed by atoms with Gasteiger partial charge in [0.2, 0.25) is 0 Å². The van der Waals surface area contributed by atoms with Gasteiger partial charge in [-0.1, -0.05) is 20.8 Å². The van der Waals surface area contributed by atoms with Crippen LogP contribution in [0.3, 0.4) is 0 Å². The molecule has 0 radical (unpaired) electrons. The Bertz CT molecular complexity index is 432. The molecule has 20 heavy (non-hydrogen) atoms. The highest BCUT2D eigenvalue weighted by Gasteiger charge is 2.21. The molecule has 0 spiro atoms. The molecule has 1 aromatic rings. The topological polar surface area (TPSA) is 59.7 Å². The average molecular weight is 282 g/mol. The normalized spacial score (nSPS) is 17.1. The van der Waals surface area contributed by atoms with Gasteiger partial charge in [0, 0.05) is 25.2 Å². The van der Waals surface area contributed by atoms with Crippen molar-refractivity contribution in [1.29, 1.82) is 0 Å². The van der Waals surface area contributed by atoms with Crippen LogP contribution in [0.5, 0.6) is 5.75 Å². The summed E-state index contributed by atoms with van der Waals surface area (Å²) in [4.78, 5) is 11.3. The minimum absolute atomic E-state index is 0.00771. The average Bonchev–Trinajstić information content (AvgIpc) is 2.47.